The molecule has 1 unspecified atom stereocenters. The van der Waals surface area contributed by atoms with Gasteiger partial charge in [0.1, 0.15) is 0 Å². The molecule has 0 N–H and O–H groups in total. The molecule has 0 aromatic rings. The second-order valence-corrected chi connectivity index (χ2v) is 6.24. The molecule has 0 radical (unpaired) electrons. The molecule has 96 valence electrons. The second kappa shape index (κ2) is 5.31. The fourth-order valence-electron chi connectivity index (χ4n) is 2.17. The van der Waals surface area contributed by atoms with Crippen molar-refractivity contribution < 1.29 is 13.2 Å². The first-order valence-electron chi connectivity index (χ1n) is 5.91. The predicted octanol–water partition coefficient (Wildman–Crippen LogP) is -0.0585. The highest BCUT2D eigenvalue weighted by Crippen LogP contribution is 2.18. The quantitative estimate of drug-likeness (QED) is 0.696. The molecule has 2 aliphatic rings. The molecule has 0 aromatic carbocycles. The van der Waals surface area contributed by atoms with Crippen LogP contribution in [0, 0.1) is 11.3 Å². The van der Waals surface area contributed by atoms with Crippen molar-refractivity contribution in [2.45, 2.75) is 25.4 Å². The molecule has 2 fully saturated rings. The lowest BCUT2D eigenvalue weighted by Crippen LogP contribution is -2.52. The van der Waals surface area contributed by atoms with Gasteiger partial charge >= 0.3 is 0 Å². The molecule has 0 spiro atoms. The molecule has 2 heterocycles. The third-order valence-corrected chi connectivity index (χ3v) is 5.14. The summed E-state index contributed by atoms with van der Waals surface area (Å²) in [6.45, 7) is 1.98. The lowest BCUT2D eigenvalue weighted by Gasteiger charge is -2.35. The smallest absolute Gasteiger partial charge is 0.282 e. The fourth-order valence-corrected chi connectivity index (χ4v) is 3.85. The number of rotatable bonds is 2. The molecule has 0 saturated carbocycles. The van der Waals surface area contributed by atoms with E-state index in [0.717, 1.165) is 19.3 Å². The van der Waals surface area contributed by atoms with Crippen molar-refractivity contribution in [3.8, 4) is 6.07 Å². The molecular weight excluding hydrogens is 242 g/mol. The SMILES string of the molecule is N#CC1CN(S(=O)(=O)N2CCCCC2)CCO1. The van der Waals surface area contributed by atoms with Crippen molar-refractivity contribution in [2.75, 3.05) is 32.8 Å². The summed E-state index contributed by atoms with van der Waals surface area (Å²) in [5.41, 5.74) is 0. The van der Waals surface area contributed by atoms with Crippen LogP contribution in [-0.4, -0.2) is 55.9 Å². The number of piperidine rings is 1. The molecule has 7 heteroatoms. The Balaban J connectivity index is 2.06. The Hall–Kier alpha value is -0.680. The third-order valence-electron chi connectivity index (χ3n) is 3.14. The summed E-state index contributed by atoms with van der Waals surface area (Å²) in [5.74, 6) is 0. The summed E-state index contributed by atoms with van der Waals surface area (Å²) in [7, 11) is -3.39. The first-order chi connectivity index (χ1) is 8.14. The van der Waals surface area contributed by atoms with Gasteiger partial charge in [0, 0.05) is 19.6 Å². The van der Waals surface area contributed by atoms with E-state index in [0.29, 0.717) is 26.2 Å². The van der Waals surface area contributed by atoms with Gasteiger partial charge in [0.15, 0.2) is 6.10 Å². The number of nitriles is 1. The number of hydrogen-bond acceptors (Lipinski definition) is 4. The highest BCUT2D eigenvalue weighted by atomic mass is 32.2. The van der Waals surface area contributed by atoms with E-state index in [1.165, 1.54) is 8.61 Å². The van der Waals surface area contributed by atoms with E-state index in [4.69, 9.17) is 10.00 Å². The molecule has 0 aliphatic carbocycles. The van der Waals surface area contributed by atoms with Crippen LogP contribution in [0.2, 0.25) is 0 Å². The Morgan fingerprint density at radius 1 is 1.12 bits per heavy atom. The average Bonchev–Trinajstić information content (AvgIpc) is 2.40. The Kier molecular flexibility index (Phi) is 3.99. The van der Waals surface area contributed by atoms with Gasteiger partial charge in [-0.05, 0) is 12.8 Å². The minimum absolute atomic E-state index is 0.148. The van der Waals surface area contributed by atoms with Crippen LogP contribution < -0.4 is 0 Å². The number of nitrogens with zero attached hydrogens (tertiary/aromatic N) is 3. The van der Waals surface area contributed by atoms with Crippen LogP contribution >= 0.6 is 0 Å². The van der Waals surface area contributed by atoms with Crippen molar-refractivity contribution in [1.29, 1.82) is 5.26 Å². The van der Waals surface area contributed by atoms with Gasteiger partial charge < -0.3 is 4.74 Å². The molecule has 6 nitrogen and oxygen atoms in total. The standard InChI is InChI=1S/C10H17N3O3S/c11-8-10-9-13(6-7-16-10)17(14,15)12-4-2-1-3-5-12/h10H,1-7,9H2. The molecule has 17 heavy (non-hydrogen) atoms. The van der Waals surface area contributed by atoms with Crippen LogP contribution in [0.3, 0.4) is 0 Å². The average molecular weight is 259 g/mol. The van der Waals surface area contributed by atoms with Crippen LogP contribution in [0.25, 0.3) is 0 Å². The lowest BCUT2D eigenvalue weighted by atomic mass is 10.2. The summed E-state index contributed by atoms with van der Waals surface area (Å²) in [4.78, 5) is 0. The van der Waals surface area contributed by atoms with Gasteiger partial charge in [0.25, 0.3) is 10.2 Å². The number of hydrogen-bond donors (Lipinski definition) is 0. The highest BCUT2D eigenvalue weighted by Gasteiger charge is 2.34. The van der Waals surface area contributed by atoms with E-state index in [-0.39, 0.29) is 6.54 Å². The van der Waals surface area contributed by atoms with E-state index in [2.05, 4.69) is 0 Å². The third kappa shape index (κ3) is 2.77. The van der Waals surface area contributed by atoms with Crippen molar-refractivity contribution >= 4 is 10.2 Å². The van der Waals surface area contributed by atoms with Crippen LogP contribution in [0.4, 0.5) is 0 Å². The Morgan fingerprint density at radius 2 is 1.82 bits per heavy atom. The summed E-state index contributed by atoms with van der Waals surface area (Å²) in [6, 6.07) is 1.96. The molecule has 0 aromatic heterocycles. The number of morpholine rings is 1. The van der Waals surface area contributed by atoms with Gasteiger partial charge in [0.2, 0.25) is 0 Å². The van der Waals surface area contributed by atoms with Gasteiger partial charge in [-0.1, -0.05) is 6.42 Å². The van der Waals surface area contributed by atoms with Gasteiger partial charge in [-0.25, -0.2) is 0 Å². The summed E-state index contributed by atoms with van der Waals surface area (Å²) < 4.78 is 32.6. The first-order valence-corrected chi connectivity index (χ1v) is 7.31. The Bertz CT molecular complexity index is 398. The first kappa shape index (κ1) is 12.8. The van der Waals surface area contributed by atoms with Crippen molar-refractivity contribution in [2.24, 2.45) is 0 Å². The van der Waals surface area contributed by atoms with Gasteiger partial charge in [-0.15, -0.1) is 0 Å². The summed E-state index contributed by atoms with van der Waals surface area (Å²) in [5, 5.41) is 8.77. The van der Waals surface area contributed by atoms with Crippen molar-refractivity contribution in [3.63, 3.8) is 0 Å². The zero-order chi connectivity index (χ0) is 12.3. The lowest BCUT2D eigenvalue weighted by molar-refractivity contribution is 0.0287. The Labute approximate surface area is 102 Å². The maximum atomic E-state index is 12.3. The van der Waals surface area contributed by atoms with Gasteiger partial charge in [-0.3, -0.25) is 0 Å². The minimum atomic E-state index is -3.39. The molecule has 0 bridgehead atoms. The zero-order valence-electron chi connectivity index (χ0n) is 9.71. The molecule has 2 aliphatic heterocycles. The van der Waals surface area contributed by atoms with Crippen molar-refractivity contribution in [3.05, 3.63) is 0 Å². The maximum Gasteiger partial charge on any atom is 0.282 e. The monoisotopic (exact) mass is 259 g/mol. The maximum absolute atomic E-state index is 12.3. The molecular formula is C10H17N3O3S. The molecule has 1 atom stereocenters. The summed E-state index contributed by atoms with van der Waals surface area (Å²) >= 11 is 0. The van der Waals surface area contributed by atoms with Crippen LogP contribution in [-0.2, 0) is 14.9 Å². The molecule has 0 amide bonds. The van der Waals surface area contributed by atoms with E-state index in [1.807, 2.05) is 6.07 Å². The van der Waals surface area contributed by atoms with Crippen LogP contribution in [0.15, 0.2) is 0 Å². The molecule has 2 rings (SSSR count). The molecule has 2 saturated heterocycles. The van der Waals surface area contributed by atoms with E-state index >= 15 is 0 Å². The summed E-state index contributed by atoms with van der Waals surface area (Å²) in [6.07, 6.45) is 2.30. The van der Waals surface area contributed by atoms with E-state index < -0.39 is 16.3 Å². The zero-order valence-corrected chi connectivity index (χ0v) is 10.5. The van der Waals surface area contributed by atoms with Crippen molar-refractivity contribution in [1.82, 2.24) is 8.61 Å². The fraction of sp³-hybridized carbons (Fsp3) is 0.900. The number of ether oxygens (including phenoxy) is 1. The second-order valence-electron chi connectivity index (χ2n) is 4.31. The van der Waals surface area contributed by atoms with Crippen LogP contribution in [0.5, 0.6) is 0 Å². The minimum Gasteiger partial charge on any atom is -0.361 e. The topological polar surface area (TPSA) is 73.6 Å². The highest BCUT2D eigenvalue weighted by molar-refractivity contribution is 7.86. The normalized spacial score (nSPS) is 28.8. The van der Waals surface area contributed by atoms with E-state index in [9.17, 15) is 8.42 Å². The predicted molar refractivity (Wildman–Crippen MR) is 61.3 cm³/mol. The Morgan fingerprint density at radius 3 is 2.47 bits per heavy atom. The van der Waals surface area contributed by atoms with Gasteiger partial charge in [-0.2, -0.15) is 22.3 Å². The van der Waals surface area contributed by atoms with E-state index in [1.54, 1.807) is 0 Å². The largest absolute Gasteiger partial charge is 0.361 e. The van der Waals surface area contributed by atoms with Crippen LogP contribution in [0.1, 0.15) is 19.3 Å². The van der Waals surface area contributed by atoms with Gasteiger partial charge in [0.05, 0.1) is 19.2 Å².